The summed E-state index contributed by atoms with van der Waals surface area (Å²) in [5.74, 6) is 1.44. The zero-order valence-electron chi connectivity index (χ0n) is 11.7. The van der Waals surface area contributed by atoms with Crippen molar-refractivity contribution in [3.05, 3.63) is 23.4 Å². The second kappa shape index (κ2) is 6.19. The van der Waals surface area contributed by atoms with E-state index < -0.39 is 0 Å². The fourth-order valence-electron chi connectivity index (χ4n) is 2.69. The summed E-state index contributed by atoms with van der Waals surface area (Å²) in [7, 11) is 1.96. The van der Waals surface area contributed by atoms with E-state index in [1.807, 2.05) is 14.0 Å². The highest BCUT2D eigenvalue weighted by molar-refractivity contribution is 5.24. The van der Waals surface area contributed by atoms with Crippen LogP contribution in [0.15, 0.2) is 12.1 Å². The SMILES string of the molecule is CNCc1cc(C)nc(OC2CCCCC2C)c1. The van der Waals surface area contributed by atoms with Crippen LogP contribution in [0, 0.1) is 12.8 Å². The molecule has 1 aromatic rings. The summed E-state index contributed by atoms with van der Waals surface area (Å²) < 4.78 is 6.10. The molecule has 18 heavy (non-hydrogen) atoms. The van der Waals surface area contributed by atoms with Gasteiger partial charge in [0.2, 0.25) is 5.88 Å². The van der Waals surface area contributed by atoms with Gasteiger partial charge in [0.25, 0.3) is 0 Å². The van der Waals surface area contributed by atoms with Crippen LogP contribution in [0.1, 0.15) is 43.9 Å². The zero-order valence-corrected chi connectivity index (χ0v) is 11.7. The van der Waals surface area contributed by atoms with Crippen molar-refractivity contribution in [1.29, 1.82) is 0 Å². The van der Waals surface area contributed by atoms with Gasteiger partial charge in [-0.3, -0.25) is 0 Å². The van der Waals surface area contributed by atoms with Gasteiger partial charge in [0.15, 0.2) is 0 Å². The zero-order chi connectivity index (χ0) is 13.0. The van der Waals surface area contributed by atoms with E-state index in [-0.39, 0.29) is 0 Å². The molecule has 0 spiro atoms. The van der Waals surface area contributed by atoms with Crippen molar-refractivity contribution in [2.24, 2.45) is 5.92 Å². The average Bonchev–Trinajstić information content (AvgIpc) is 2.32. The van der Waals surface area contributed by atoms with E-state index in [0.29, 0.717) is 12.0 Å². The highest BCUT2D eigenvalue weighted by atomic mass is 16.5. The minimum atomic E-state index is 0.343. The molecular weight excluding hydrogens is 224 g/mol. The average molecular weight is 248 g/mol. The predicted octanol–water partition coefficient (Wildman–Crippen LogP) is 3.07. The summed E-state index contributed by atoms with van der Waals surface area (Å²) in [4.78, 5) is 4.49. The Morgan fingerprint density at radius 2 is 2.11 bits per heavy atom. The summed E-state index contributed by atoms with van der Waals surface area (Å²) in [5.41, 5.74) is 2.27. The first-order valence-electron chi connectivity index (χ1n) is 6.98. The molecule has 1 N–H and O–H groups in total. The van der Waals surface area contributed by atoms with E-state index in [1.54, 1.807) is 0 Å². The molecule has 2 atom stereocenters. The number of rotatable bonds is 4. The molecule has 3 nitrogen and oxygen atoms in total. The maximum absolute atomic E-state index is 6.10. The van der Waals surface area contributed by atoms with Gasteiger partial charge < -0.3 is 10.1 Å². The van der Waals surface area contributed by atoms with Gasteiger partial charge in [-0.25, -0.2) is 4.98 Å². The standard InChI is InChI=1S/C15H24N2O/c1-11-6-4-5-7-14(11)18-15-9-13(10-16-3)8-12(2)17-15/h8-9,11,14,16H,4-7,10H2,1-3H3. The van der Waals surface area contributed by atoms with E-state index in [0.717, 1.165) is 24.5 Å². The normalized spacial score (nSPS) is 23.9. The number of aryl methyl sites for hydroxylation is 1. The summed E-state index contributed by atoms with van der Waals surface area (Å²) >= 11 is 0. The minimum Gasteiger partial charge on any atom is -0.474 e. The number of nitrogens with one attached hydrogen (secondary N) is 1. The van der Waals surface area contributed by atoms with Crippen LogP contribution in [0.25, 0.3) is 0 Å². The Bertz CT molecular complexity index is 392. The molecule has 1 aromatic heterocycles. The molecule has 0 aliphatic heterocycles. The smallest absolute Gasteiger partial charge is 0.214 e. The van der Waals surface area contributed by atoms with Crippen molar-refractivity contribution in [2.75, 3.05) is 7.05 Å². The van der Waals surface area contributed by atoms with E-state index in [4.69, 9.17) is 4.74 Å². The number of nitrogens with zero attached hydrogens (tertiary/aromatic N) is 1. The number of hydrogen-bond donors (Lipinski definition) is 1. The van der Waals surface area contributed by atoms with Crippen molar-refractivity contribution in [3.8, 4) is 5.88 Å². The van der Waals surface area contributed by atoms with Crippen LogP contribution in [0.4, 0.5) is 0 Å². The van der Waals surface area contributed by atoms with Crippen LogP contribution in [0.2, 0.25) is 0 Å². The maximum Gasteiger partial charge on any atom is 0.214 e. The first kappa shape index (κ1) is 13.3. The number of aromatic nitrogens is 1. The topological polar surface area (TPSA) is 34.2 Å². The van der Waals surface area contributed by atoms with E-state index in [2.05, 4.69) is 29.4 Å². The lowest BCUT2D eigenvalue weighted by Crippen LogP contribution is -2.28. The third-order valence-electron chi connectivity index (χ3n) is 3.68. The van der Waals surface area contributed by atoms with Crippen molar-refractivity contribution in [3.63, 3.8) is 0 Å². The first-order valence-corrected chi connectivity index (χ1v) is 6.98. The Hall–Kier alpha value is -1.09. The molecule has 0 bridgehead atoms. The second-order valence-electron chi connectivity index (χ2n) is 5.40. The molecule has 0 radical (unpaired) electrons. The van der Waals surface area contributed by atoms with Gasteiger partial charge in [0.1, 0.15) is 6.10 Å². The molecule has 2 unspecified atom stereocenters. The van der Waals surface area contributed by atoms with E-state index >= 15 is 0 Å². The largest absolute Gasteiger partial charge is 0.474 e. The van der Waals surface area contributed by atoms with Gasteiger partial charge in [-0.2, -0.15) is 0 Å². The van der Waals surface area contributed by atoms with Crippen LogP contribution < -0.4 is 10.1 Å². The van der Waals surface area contributed by atoms with Gasteiger partial charge in [-0.1, -0.05) is 13.3 Å². The third kappa shape index (κ3) is 3.45. The molecule has 2 rings (SSSR count). The van der Waals surface area contributed by atoms with Gasteiger partial charge in [0.05, 0.1) is 0 Å². The number of pyridine rings is 1. The Labute approximate surface area is 110 Å². The lowest BCUT2D eigenvalue weighted by Gasteiger charge is -2.29. The van der Waals surface area contributed by atoms with Crippen molar-refractivity contribution < 1.29 is 4.74 Å². The first-order chi connectivity index (χ1) is 8.69. The van der Waals surface area contributed by atoms with Gasteiger partial charge >= 0.3 is 0 Å². The predicted molar refractivity (Wildman–Crippen MR) is 73.8 cm³/mol. The number of hydrogen-bond acceptors (Lipinski definition) is 3. The van der Waals surface area contributed by atoms with Crippen LogP contribution >= 0.6 is 0 Å². The van der Waals surface area contributed by atoms with E-state index in [9.17, 15) is 0 Å². The molecular formula is C15H24N2O. The minimum absolute atomic E-state index is 0.343. The van der Waals surface area contributed by atoms with Gasteiger partial charge in [-0.05, 0) is 50.8 Å². The fourth-order valence-corrected chi connectivity index (χ4v) is 2.69. The van der Waals surface area contributed by atoms with Crippen molar-refractivity contribution >= 4 is 0 Å². The summed E-state index contributed by atoms with van der Waals surface area (Å²) in [6, 6.07) is 4.17. The van der Waals surface area contributed by atoms with Crippen molar-refractivity contribution in [1.82, 2.24) is 10.3 Å². The lowest BCUT2D eigenvalue weighted by atomic mass is 9.88. The number of ether oxygens (including phenoxy) is 1. The second-order valence-corrected chi connectivity index (χ2v) is 5.40. The van der Waals surface area contributed by atoms with Crippen LogP contribution in [-0.2, 0) is 6.54 Å². The Morgan fingerprint density at radius 3 is 2.83 bits per heavy atom. The Morgan fingerprint density at radius 1 is 1.33 bits per heavy atom. The highest BCUT2D eigenvalue weighted by Gasteiger charge is 2.23. The third-order valence-corrected chi connectivity index (χ3v) is 3.68. The van der Waals surface area contributed by atoms with Crippen molar-refractivity contribution in [2.45, 2.75) is 52.2 Å². The molecule has 1 saturated carbocycles. The quantitative estimate of drug-likeness (QED) is 0.889. The molecule has 1 aliphatic rings. The molecule has 100 valence electrons. The summed E-state index contributed by atoms with van der Waals surface area (Å²) in [5, 5.41) is 3.17. The van der Waals surface area contributed by atoms with Gasteiger partial charge in [-0.15, -0.1) is 0 Å². The fraction of sp³-hybridized carbons (Fsp3) is 0.667. The molecule has 1 aliphatic carbocycles. The van der Waals surface area contributed by atoms with Crippen LogP contribution in [0.3, 0.4) is 0 Å². The Kier molecular flexibility index (Phi) is 4.59. The van der Waals surface area contributed by atoms with Gasteiger partial charge in [0, 0.05) is 18.3 Å². The molecule has 3 heteroatoms. The monoisotopic (exact) mass is 248 g/mol. The molecule has 0 saturated heterocycles. The van der Waals surface area contributed by atoms with Crippen LogP contribution in [0.5, 0.6) is 5.88 Å². The molecule has 1 heterocycles. The Balaban J connectivity index is 2.07. The van der Waals surface area contributed by atoms with E-state index in [1.165, 1.54) is 24.8 Å². The van der Waals surface area contributed by atoms with Crippen LogP contribution in [-0.4, -0.2) is 18.1 Å². The molecule has 1 fully saturated rings. The lowest BCUT2D eigenvalue weighted by molar-refractivity contribution is 0.0973. The maximum atomic E-state index is 6.10. The summed E-state index contributed by atoms with van der Waals surface area (Å²) in [6.45, 7) is 5.17. The molecule has 0 amide bonds. The highest BCUT2D eigenvalue weighted by Crippen LogP contribution is 2.27. The summed E-state index contributed by atoms with van der Waals surface area (Å²) in [6.07, 6.45) is 5.41. The molecule has 0 aromatic carbocycles.